The number of aliphatic hydroxyl groups is 1. The van der Waals surface area contributed by atoms with Crippen molar-refractivity contribution in [1.82, 2.24) is 14.5 Å². The molecule has 0 aromatic heterocycles. The summed E-state index contributed by atoms with van der Waals surface area (Å²) >= 11 is 0. The summed E-state index contributed by atoms with van der Waals surface area (Å²) in [5.41, 5.74) is 0.588. The van der Waals surface area contributed by atoms with E-state index in [9.17, 15) is 36.3 Å². The van der Waals surface area contributed by atoms with Crippen molar-refractivity contribution < 1.29 is 36.3 Å². The Kier molecular flexibility index (Phi) is 7.33. The highest BCUT2D eigenvalue weighted by atomic mass is 32.2. The van der Waals surface area contributed by atoms with Crippen LogP contribution in [0.1, 0.15) is 51.0 Å². The zero-order valence-electron chi connectivity index (χ0n) is 22.4. The molecule has 2 amide bonds. The van der Waals surface area contributed by atoms with Crippen molar-refractivity contribution in [1.29, 1.82) is 0 Å². The zero-order chi connectivity index (χ0) is 29.7. The van der Waals surface area contributed by atoms with Crippen LogP contribution in [-0.4, -0.2) is 78.2 Å². The Labute approximate surface area is 235 Å². The molecule has 9 nitrogen and oxygen atoms in total. The first-order chi connectivity index (χ1) is 19.2. The van der Waals surface area contributed by atoms with Crippen LogP contribution in [0.2, 0.25) is 0 Å². The van der Waals surface area contributed by atoms with Crippen molar-refractivity contribution >= 4 is 33.7 Å². The number of nitrogens with zero attached hydrogens (tertiary/aromatic N) is 3. The number of amides is 2. The molecule has 2 N–H and O–H groups in total. The number of benzene rings is 2. The highest BCUT2D eigenvalue weighted by Crippen LogP contribution is 2.34. The van der Waals surface area contributed by atoms with E-state index in [0.717, 1.165) is 28.7 Å². The van der Waals surface area contributed by atoms with E-state index in [1.165, 1.54) is 22.5 Å². The summed E-state index contributed by atoms with van der Waals surface area (Å²) in [5, 5.41) is 13.1. The number of carbonyl (C=O) groups is 2. The average Bonchev–Trinajstić information content (AvgIpc) is 3.20. The third-order valence-corrected chi connectivity index (χ3v) is 9.31. The van der Waals surface area contributed by atoms with E-state index in [4.69, 9.17) is 0 Å². The summed E-state index contributed by atoms with van der Waals surface area (Å²) in [6.07, 6.45) is -3.41. The van der Waals surface area contributed by atoms with Gasteiger partial charge in [-0.2, -0.15) is 17.5 Å². The van der Waals surface area contributed by atoms with Gasteiger partial charge < -0.3 is 15.3 Å². The van der Waals surface area contributed by atoms with Crippen LogP contribution >= 0.6 is 0 Å². The van der Waals surface area contributed by atoms with E-state index < -0.39 is 39.3 Å². The smallest absolute Gasteiger partial charge is 0.389 e. The number of aryl methyl sites for hydroxylation is 2. The fourth-order valence-electron chi connectivity index (χ4n) is 5.35. The molecule has 2 fully saturated rings. The second-order valence-electron chi connectivity index (χ2n) is 10.7. The molecular formula is C28H29F3N4O5S. The topological polar surface area (TPSA) is 119 Å². The first-order valence-electron chi connectivity index (χ1n) is 13.0. The van der Waals surface area contributed by atoms with Crippen LogP contribution in [0.15, 0.2) is 46.8 Å². The molecule has 3 aliphatic rings. The molecule has 2 saturated heterocycles. The number of hydrogen-bond donors (Lipinski definition) is 2. The zero-order valence-corrected chi connectivity index (χ0v) is 23.2. The van der Waals surface area contributed by atoms with E-state index in [2.05, 4.69) is 10.3 Å². The Morgan fingerprint density at radius 1 is 1.12 bits per heavy atom. The molecular weight excluding hydrogens is 561 g/mol. The maximum atomic E-state index is 13.1. The number of sulfonamides is 1. The lowest BCUT2D eigenvalue weighted by atomic mass is 9.89. The van der Waals surface area contributed by atoms with Crippen molar-refractivity contribution in [2.24, 2.45) is 4.99 Å². The number of rotatable bonds is 5. The third kappa shape index (κ3) is 5.66. The van der Waals surface area contributed by atoms with Gasteiger partial charge in [-0.3, -0.25) is 14.6 Å². The van der Waals surface area contributed by atoms with E-state index >= 15 is 0 Å². The largest absolute Gasteiger partial charge is 0.416 e. The van der Waals surface area contributed by atoms with Crippen LogP contribution in [0, 0.1) is 13.8 Å². The number of β-amino-alcohol motifs (C(OH)–C–C–N with tert-alkyl or cyclic N) is 1. The van der Waals surface area contributed by atoms with E-state index in [1.54, 1.807) is 30.9 Å². The van der Waals surface area contributed by atoms with Crippen LogP contribution in [0.3, 0.4) is 0 Å². The maximum Gasteiger partial charge on any atom is 0.416 e. The van der Waals surface area contributed by atoms with Crippen LogP contribution in [0.25, 0.3) is 6.08 Å². The molecule has 0 aliphatic carbocycles. The van der Waals surface area contributed by atoms with Gasteiger partial charge in [-0.05, 0) is 73.7 Å². The van der Waals surface area contributed by atoms with E-state index in [-0.39, 0.29) is 56.3 Å². The summed E-state index contributed by atoms with van der Waals surface area (Å²) in [7, 11) is -3.86. The Bertz CT molecular complexity index is 1550. The molecule has 0 bridgehead atoms. The molecule has 13 heteroatoms. The number of carbonyl (C=O) groups excluding carboxylic acids is 2. The standard InChI is InChI=1S/C28H29F3N4O5S/c1-17-12-20(25(37)34-15-22(36)16-34)13-18(2)23(17)6-11-41(39,40)35-9-7-27(8-10-35)26(38)32-24(33-27)19-4-3-5-21(14-19)28(29,30)31/h3-6,11-14,22,36H,7-10,15-16H2,1-2H3,(H,32,33,38). The summed E-state index contributed by atoms with van der Waals surface area (Å²) < 4.78 is 66.9. The number of amidine groups is 1. The van der Waals surface area contributed by atoms with Crippen LogP contribution < -0.4 is 5.32 Å². The van der Waals surface area contributed by atoms with Crippen molar-refractivity contribution in [2.75, 3.05) is 26.2 Å². The molecule has 0 unspecified atom stereocenters. The van der Waals surface area contributed by atoms with Gasteiger partial charge in [0.15, 0.2) is 0 Å². The predicted octanol–water partition coefficient (Wildman–Crippen LogP) is 2.85. The highest BCUT2D eigenvalue weighted by Gasteiger charge is 2.47. The van der Waals surface area contributed by atoms with Gasteiger partial charge in [0.25, 0.3) is 11.8 Å². The summed E-state index contributed by atoms with van der Waals surface area (Å²) in [6, 6.07) is 7.91. The molecule has 41 heavy (non-hydrogen) atoms. The minimum Gasteiger partial charge on any atom is -0.389 e. The minimum absolute atomic E-state index is 0.00650. The summed E-state index contributed by atoms with van der Waals surface area (Å²) in [5.74, 6) is -0.622. The van der Waals surface area contributed by atoms with Gasteiger partial charge in [0.05, 0.1) is 11.7 Å². The molecule has 3 aliphatic heterocycles. The van der Waals surface area contributed by atoms with Gasteiger partial charge in [0, 0.05) is 42.7 Å². The molecule has 0 radical (unpaired) electrons. The number of likely N-dealkylation sites (tertiary alicyclic amines) is 1. The van der Waals surface area contributed by atoms with Gasteiger partial charge in [-0.25, -0.2) is 8.42 Å². The lowest BCUT2D eigenvalue weighted by Crippen LogP contribution is -2.53. The second-order valence-corrected chi connectivity index (χ2v) is 12.5. The Morgan fingerprint density at radius 2 is 1.76 bits per heavy atom. The number of aliphatic imine (C=N–C) groups is 1. The summed E-state index contributed by atoms with van der Waals surface area (Å²) in [6.45, 7) is 4.15. The SMILES string of the molecule is Cc1cc(C(=O)N2CC(O)C2)cc(C)c1C=CS(=O)(=O)N1CCC2(CC1)N=C(c1cccc(C(F)(F)F)c1)NC2=O. The van der Waals surface area contributed by atoms with Crippen molar-refractivity contribution in [2.45, 2.75) is 44.5 Å². The predicted molar refractivity (Wildman–Crippen MR) is 145 cm³/mol. The number of alkyl halides is 3. The molecule has 0 atom stereocenters. The van der Waals surface area contributed by atoms with Crippen LogP contribution in [0.5, 0.6) is 0 Å². The Morgan fingerprint density at radius 3 is 2.34 bits per heavy atom. The van der Waals surface area contributed by atoms with E-state index in [1.807, 2.05) is 0 Å². The molecule has 0 saturated carbocycles. The maximum absolute atomic E-state index is 13.1. The molecule has 5 rings (SSSR count). The number of nitrogens with one attached hydrogen (secondary N) is 1. The lowest BCUT2D eigenvalue weighted by Gasteiger charge is -2.36. The minimum atomic E-state index is -4.54. The Hall–Kier alpha value is -3.55. The van der Waals surface area contributed by atoms with Crippen molar-refractivity contribution in [3.8, 4) is 0 Å². The van der Waals surface area contributed by atoms with Gasteiger partial charge >= 0.3 is 6.18 Å². The van der Waals surface area contributed by atoms with Gasteiger partial charge in [-0.15, -0.1) is 0 Å². The second kappa shape index (κ2) is 10.4. The number of hydrogen-bond acceptors (Lipinski definition) is 6. The first-order valence-corrected chi connectivity index (χ1v) is 14.5. The normalized spacial score (nSPS) is 19.9. The van der Waals surface area contributed by atoms with Crippen LogP contribution in [-0.2, 0) is 21.0 Å². The lowest BCUT2D eigenvalue weighted by molar-refractivity contribution is -0.137. The van der Waals surface area contributed by atoms with Crippen LogP contribution in [0.4, 0.5) is 13.2 Å². The molecule has 1 spiro atoms. The third-order valence-electron chi connectivity index (χ3n) is 7.75. The monoisotopic (exact) mass is 590 g/mol. The average molecular weight is 591 g/mol. The molecule has 218 valence electrons. The number of aliphatic hydroxyl groups excluding tert-OH is 1. The van der Waals surface area contributed by atoms with Crippen molar-refractivity contribution in [3.63, 3.8) is 0 Å². The number of piperidine rings is 1. The van der Waals surface area contributed by atoms with Gasteiger partial charge in [-0.1, -0.05) is 12.1 Å². The van der Waals surface area contributed by atoms with Gasteiger partial charge in [0.1, 0.15) is 11.4 Å². The quantitative estimate of drug-likeness (QED) is 0.555. The first kappa shape index (κ1) is 29.0. The molecule has 2 aromatic carbocycles. The Balaban J connectivity index is 1.28. The van der Waals surface area contributed by atoms with Crippen molar-refractivity contribution in [3.05, 3.63) is 75.2 Å². The van der Waals surface area contributed by atoms with E-state index in [0.29, 0.717) is 11.1 Å². The fourth-order valence-corrected chi connectivity index (χ4v) is 6.52. The van der Waals surface area contributed by atoms with Gasteiger partial charge in [0.2, 0.25) is 10.0 Å². The fraction of sp³-hybridized carbons (Fsp3) is 0.393. The number of halogens is 3. The molecule has 2 aromatic rings. The summed E-state index contributed by atoms with van der Waals surface area (Å²) in [4.78, 5) is 31.4. The highest BCUT2D eigenvalue weighted by molar-refractivity contribution is 7.92. The molecule has 3 heterocycles.